The molecule has 0 saturated heterocycles. The Morgan fingerprint density at radius 1 is 1.06 bits per heavy atom. The van der Waals surface area contributed by atoms with Crippen molar-refractivity contribution in [3.63, 3.8) is 0 Å². The molecule has 2 aromatic rings. The number of fused-ring (bicyclic) bond motifs is 1. The van der Waals surface area contributed by atoms with Gasteiger partial charge in [-0.3, -0.25) is 4.79 Å². The van der Waals surface area contributed by atoms with Gasteiger partial charge in [0, 0.05) is 17.9 Å². The highest BCUT2D eigenvalue weighted by Crippen LogP contribution is 2.16. The van der Waals surface area contributed by atoms with Crippen molar-refractivity contribution >= 4 is 11.4 Å². The second-order valence-electron chi connectivity index (χ2n) is 4.29. The summed E-state index contributed by atoms with van der Waals surface area (Å²) >= 11 is 0. The average Bonchev–Trinajstić information content (AvgIpc) is 2.83. The van der Waals surface area contributed by atoms with Crippen LogP contribution in [0.4, 0.5) is 11.4 Å². The first-order valence-corrected chi connectivity index (χ1v) is 5.89. The fourth-order valence-electron chi connectivity index (χ4n) is 2.27. The lowest BCUT2D eigenvalue weighted by molar-refractivity contribution is 0.723. The molecule has 0 bridgehead atoms. The van der Waals surface area contributed by atoms with Gasteiger partial charge in [0.2, 0.25) is 0 Å². The van der Waals surface area contributed by atoms with E-state index in [1.54, 1.807) is 0 Å². The number of benzene rings is 1. The SMILES string of the molecule is O=c1c(Nc2ccccc2)ccc2n1CCC2. The molecule has 1 aromatic heterocycles. The van der Waals surface area contributed by atoms with Crippen LogP contribution in [0.2, 0.25) is 0 Å². The molecule has 0 radical (unpaired) electrons. The molecule has 3 rings (SSSR count). The van der Waals surface area contributed by atoms with E-state index in [2.05, 4.69) is 5.32 Å². The summed E-state index contributed by atoms with van der Waals surface area (Å²) in [5.74, 6) is 0. The summed E-state index contributed by atoms with van der Waals surface area (Å²) in [7, 11) is 0. The van der Waals surface area contributed by atoms with Crippen molar-refractivity contribution in [1.82, 2.24) is 4.57 Å². The summed E-state index contributed by atoms with van der Waals surface area (Å²) < 4.78 is 1.87. The van der Waals surface area contributed by atoms with Gasteiger partial charge < -0.3 is 9.88 Å². The number of pyridine rings is 1. The number of nitrogens with one attached hydrogen (secondary N) is 1. The Balaban J connectivity index is 1.98. The number of anilines is 2. The maximum Gasteiger partial charge on any atom is 0.274 e. The van der Waals surface area contributed by atoms with Gasteiger partial charge in [0.15, 0.2) is 0 Å². The molecule has 0 amide bonds. The molecule has 0 atom stereocenters. The van der Waals surface area contributed by atoms with Crippen LogP contribution in [0, 0.1) is 0 Å². The normalized spacial score (nSPS) is 13.4. The second kappa shape index (κ2) is 4.09. The van der Waals surface area contributed by atoms with Crippen molar-refractivity contribution in [2.24, 2.45) is 0 Å². The van der Waals surface area contributed by atoms with E-state index in [0.29, 0.717) is 5.69 Å². The Morgan fingerprint density at radius 2 is 1.88 bits per heavy atom. The highest BCUT2D eigenvalue weighted by molar-refractivity contribution is 5.58. The summed E-state index contributed by atoms with van der Waals surface area (Å²) in [6.45, 7) is 0.846. The summed E-state index contributed by atoms with van der Waals surface area (Å²) in [5.41, 5.74) is 2.84. The minimum Gasteiger partial charge on any atom is -0.351 e. The first kappa shape index (κ1) is 10.1. The summed E-state index contributed by atoms with van der Waals surface area (Å²) in [5, 5.41) is 3.17. The van der Waals surface area contributed by atoms with E-state index in [4.69, 9.17) is 0 Å². The Bertz CT molecular complexity index is 587. The molecule has 3 heteroatoms. The molecule has 0 fully saturated rings. The van der Waals surface area contributed by atoms with E-state index < -0.39 is 0 Å². The molecule has 0 saturated carbocycles. The molecule has 1 aromatic carbocycles. The summed E-state index contributed by atoms with van der Waals surface area (Å²) in [6, 6.07) is 13.7. The number of nitrogens with zero attached hydrogens (tertiary/aromatic N) is 1. The standard InChI is InChI=1S/C14H14N2O/c17-14-13(15-11-5-2-1-3-6-11)9-8-12-7-4-10-16(12)14/h1-3,5-6,8-9,15H,4,7,10H2. The minimum absolute atomic E-state index is 0.0869. The molecule has 2 heterocycles. The Kier molecular flexibility index (Phi) is 2.44. The molecule has 0 aliphatic carbocycles. The molecule has 1 N–H and O–H groups in total. The van der Waals surface area contributed by atoms with Gasteiger partial charge in [0.1, 0.15) is 5.69 Å². The van der Waals surface area contributed by atoms with Gasteiger partial charge in [-0.1, -0.05) is 18.2 Å². The molecule has 0 spiro atoms. The maximum atomic E-state index is 12.2. The number of hydrogen-bond donors (Lipinski definition) is 1. The van der Waals surface area contributed by atoms with E-state index in [1.807, 2.05) is 47.0 Å². The van der Waals surface area contributed by atoms with Crippen LogP contribution in [-0.4, -0.2) is 4.57 Å². The van der Waals surface area contributed by atoms with Crippen LogP contribution in [0.3, 0.4) is 0 Å². The van der Waals surface area contributed by atoms with E-state index >= 15 is 0 Å². The fraction of sp³-hybridized carbons (Fsp3) is 0.214. The van der Waals surface area contributed by atoms with Crippen molar-refractivity contribution in [3.05, 3.63) is 58.5 Å². The van der Waals surface area contributed by atoms with Gasteiger partial charge in [-0.05, 0) is 37.1 Å². The lowest BCUT2D eigenvalue weighted by atomic mass is 10.2. The summed E-state index contributed by atoms with van der Waals surface area (Å²) in [6.07, 6.45) is 2.09. The number of aryl methyl sites for hydroxylation is 1. The topological polar surface area (TPSA) is 34.0 Å². The number of hydrogen-bond acceptors (Lipinski definition) is 2. The summed E-state index contributed by atoms with van der Waals surface area (Å²) in [4.78, 5) is 12.2. The largest absolute Gasteiger partial charge is 0.351 e. The third-order valence-corrected chi connectivity index (χ3v) is 3.13. The third kappa shape index (κ3) is 1.84. The molecule has 86 valence electrons. The predicted molar refractivity (Wildman–Crippen MR) is 68.7 cm³/mol. The van der Waals surface area contributed by atoms with Crippen molar-refractivity contribution < 1.29 is 0 Å². The Hall–Kier alpha value is -2.03. The first-order chi connectivity index (χ1) is 8.34. The Morgan fingerprint density at radius 3 is 2.71 bits per heavy atom. The first-order valence-electron chi connectivity index (χ1n) is 5.89. The third-order valence-electron chi connectivity index (χ3n) is 3.13. The van der Waals surface area contributed by atoms with Crippen molar-refractivity contribution in [2.45, 2.75) is 19.4 Å². The van der Waals surface area contributed by atoms with Crippen LogP contribution in [0.5, 0.6) is 0 Å². The van der Waals surface area contributed by atoms with Crippen LogP contribution in [0.15, 0.2) is 47.3 Å². The van der Waals surface area contributed by atoms with Gasteiger partial charge in [-0.25, -0.2) is 0 Å². The van der Waals surface area contributed by atoms with Gasteiger partial charge in [-0.2, -0.15) is 0 Å². The zero-order valence-electron chi connectivity index (χ0n) is 9.52. The zero-order valence-corrected chi connectivity index (χ0v) is 9.52. The molecule has 0 unspecified atom stereocenters. The molecule has 17 heavy (non-hydrogen) atoms. The highest BCUT2D eigenvalue weighted by atomic mass is 16.1. The van der Waals surface area contributed by atoms with Crippen molar-refractivity contribution in [1.29, 1.82) is 0 Å². The van der Waals surface area contributed by atoms with Crippen LogP contribution in [-0.2, 0) is 13.0 Å². The monoisotopic (exact) mass is 226 g/mol. The van der Waals surface area contributed by atoms with Crippen molar-refractivity contribution in [3.8, 4) is 0 Å². The molecule has 3 nitrogen and oxygen atoms in total. The molecule has 1 aliphatic rings. The average molecular weight is 226 g/mol. The predicted octanol–water partition coefficient (Wildman–Crippen LogP) is 2.54. The van der Waals surface area contributed by atoms with Gasteiger partial charge in [0.05, 0.1) is 0 Å². The second-order valence-corrected chi connectivity index (χ2v) is 4.29. The number of para-hydroxylation sites is 1. The smallest absolute Gasteiger partial charge is 0.274 e. The van der Waals surface area contributed by atoms with E-state index in [9.17, 15) is 4.79 Å². The number of rotatable bonds is 2. The highest BCUT2D eigenvalue weighted by Gasteiger charge is 2.13. The van der Waals surface area contributed by atoms with Crippen LogP contribution in [0.25, 0.3) is 0 Å². The lowest BCUT2D eigenvalue weighted by Gasteiger charge is -2.08. The van der Waals surface area contributed by atoms with Crippen LogP contribution >= 0.6 is 0 Å². The van der Waals surface area contributed by atoms with Gasteiger partial charge in [0.25, 0.3) is 5.56 Å². The molecular formula is C14H14N2O. The molecule has 1 aliphatic heterocycles. The quantitative estimate of drug-likeness (QED) is 0.853. The van der Waals surface area contributed by atoms with E-state index in [0.717, 1.165) is 30.8 Å². The van der Waals surface area contributed by atoms with Gasteiger partial charge >= 0.3 is 0 Å². The van der Waals surface area contributed by atoms with Crippen LogP contribution < -0.4 is 10.9 Å². The lowest BCUT2D eigenvalue weighted by Crippen LogP contribution is -2.21. The fourth-order valence-corrected chi connectivity index (χ4v) is 2.27. The maximum absolute atomic E-state index is 12.2. The molecular weight excluding hydrogens is 212 g/mol. The minimum atomic E-state index is 0.0869. The van der Waals surface area contributed by atoms with Crippen molar-refractivity contribution in [2.75, 3.05) is 5.32 Å². The Labute approximate surface area is 99.7 Å². The number of aromatic nitrogens is 1. The van der Waals surface area contributed by atoms with Gasteiger partial charge in [-0.15, -0.1) is 0 Å². The van der Waals surface area contributed by atoms with E-state index in [-0.39, 0.29) is 5.56 Å². The zero-order chi connectivity index (χ0) is 11.7. The van der Waals surface area contributed by atoms with E-state index in [1.165, 1.54) is 0 Å². The van der Waals surface area contributed by atoms with Crippen LogP contribution in [0.1, 0.15) is 12.1 Å².